The van der Waals surface area contributed by atoms with Gasteiger partial charge < -0.3 is 11.1 Å². The second-order valence-electron chi connectivity index (χ2n) is 3.69. The SMILES string of the molecule is CCCNc1nc(Cl)nc(-n2cc(C(N)=O)cn2)n1. The van der Waals surface area contributed by atoms with E-state index in [-0.39, 0.29) is 16.8 Å². The zero-order chi connectivity index (χ0) is 13.8. The van der Waals surface area contributed by atoms with Crippen molar-refractivity contribution in [2.24, 2.45) is 5.73 Å². The average Bonchev–Trinajstić information content (AvgIpc) is 2.85. The van der Waals surface area contributed by atoms with E-state index < -0.39 is 5.91 Å². The molecule has 0 saturated heterocycles. The first-order chi connectivity index (χ1) is 9.10. The van der Waals surface area contributed by atoms with Crippen LogP contribution in [0.1, 0.15) is 23.7 Å². The predicted octanol–water partition coefficient (Wildman–Crippen LogP) is 0.631. The Labute approximate surface area is 114 Å². The molecule has 0 saturated carbocycles. The minimum atomic E-state index is -0.573. The third-order valence-electron chi connectivity index (χ3n) is 2.20. The highest BCUT2D eigenvalue weighted by atomic mass is 35.5. The number of primary amides is 1. The van der Waals surface area contributed by atoms with E-state index in [2.05, 4.69) is 25.4 Å². The number of nitrogens with zero attached hydrogens (tertiary/aromatic N) is 5. The summed E-state index contributed by atoms with van der Waals surface area (Å²) in [6.07, 6.45) is 3.68. The summed E-state index contributed by atoms with van der Waals surface area (Å²) in [4.78, 5) is 23.0. The minimum Gasteiger partial charge on any atom is -0.366 e. The van der Waals surface area contributed by atoms with Gasteiger partial charge in [0.25, 0.3) is 11.9 Å². The van der Waals surface area contributed by atoms with Gasteiger partial charge in [-0.3, -0.25) is 4.79 Å². The Bertz CT molecular complexity index is 597. The molecule has 0 radical (unpaired) electrons. The summed E-state index contributed by atoms with van der Waals surface area (Å²) in [6.45, 7) is 2.73. The minimum absolute atomic E-state index is 0.0414. The molecule has 0 aliphatic heterocycles. The van der Waals surface area contributed by atoms with E-state index >= 15 is 0 Å². The highest BCUT2D eigenvalue weighted by molar-refractivity contribution is 6.28. The first kappa shape index (κ1) is 13.2. The molecule has 3 N–H and O–H groups in total. The number of amides is 1. The molecule has 1 amide bonds. The predicted molar refractivity (Wildman–Crippen MR) is 69.3 cm³/mol. The van der Waals surface area contributed by atoms with Gasteiger partial charge in [0.2, 0.25) is 11.2 Å². The maximum Gasteiger partial charge on any atom is 0.256 e. The molecule has 2 rings (SSSR count). The first-order valence-corrected chi connectivity index (χ1v) is 5.98. The summed E-state index contributed by atoms with van der Waals surface area (Å²) in [5.41, 5.74) is 5.41. The molecule has 0 bridgehead atoms. The lowest BCUT2D eigenvalue weighted by Gasteiger charge is -2.05. The van der Waals surface area contributed by atoms with Crippen molar-refractivity contribution in [3.8, 4) is 5.95 Å². The zero-order valence-electron chi connectivity index (χ0n) is 10.2. The van der Waals surface area contributed by atoms with Gasteiger partial charge in [-0.05, 0) is 18.0 Å². The number of carbonyl (C=O) groups excluding carboxylic acids is 1. The Morgan fingerprint density at radius 1 is 1.47 bits per heavy atom. The molecule has 2 aromatic heterocycles. The standard InChI is InChI=1S/C10H12ClN7O/c1-2-3-13-9-15-8(11)16-10(17-9)18-5-6(4-14-18)7(12)19/h4-5H,2-3H2,1H3,(H2,12,19)(H,13,15,16,17). The summed E-state index contributed by atoms with van der Waals surface area (Å²) in [7, 11) is 0. The van der Waals surface area contributed by atoms with Crippen LogP contribution in [0.15, 0.2) is 12.4 Å². The second-order valence-corrected chi connectivity index (χ2v) is 4.03. The average molecular weight is 282 g/mol. The molecule has 2 aromatic rings. The Balaban J connectivity index is 2.32. The Morgan fingerprint density at radius 3 is 2.89 bits per heavy atom. The van der Waals surface area contributed by atoms with Crippen molar-refractivity contribution in [1.82, 2.24) is 24.7 Å². The monoisotopic (exact) mass is 281 g/mol. The number of nitrogens with one attached hydrogen (secondary N) is 1. The molecule has 19 heavy (non-hydrogen) atoms. The van der Waals surface area contributed by atoms with E-state index in [1.54, 1.807) is 0 Å². The summed E-state index contributed by atoms with van der Waals surface area (Å²) in [6, 6.07) is 0. The normalized spacial score (nSPS) is 10.4. The van der Waals surface area contributed by atoms with Crippen molar-refractivity contribution >= 4 is 23.5 Å². The smallest absolute Gasteiger partial charge is 0.256 e. The molecule has 100 valence electrons. The highest BCUT2D eigenvalue weighted by Crippen LogP contribution is 2.10. The molecule has 0 aliphatic carbocycles. The van der Waals surface area contributed by atoms with Gasteiger partial charge in [-0.1, -0.05) is 6.92 Å². The Hall–Kier alpha value is -2.22. The van der Waals surface area contributed by atoms with Crippen LogP contribution in [0.5, 0.6) is 0 Å². The van der Waals surface area contributed by atoms with Crippen molar-refractivity contribution in [3.05, 3.63) is 23.2 Å². The largest absolute Gasteiger partial charge is 0.366 e. The van der Waals surface area contributed by atoms with E-state index in [0.717, 1.165) is 6.42 Å². The molecule has 0 unspecified atom stereocenters. The van der Waals surface area contributed by atoms with Gasteiger partial charge in [0.1, 0.15) is 0 Å². The number of carbonyl (C=O) groups is 1. The van der Waals surface area contributed by atoms with Gasteiger partial charge in [0.05, 0.1) is 11.8 Å². The first-order valence-electron chi connectivity index (χ1n) is 5.60. The molecule has 0 aromatic carbocycles. The van der Waals surface area contributed by atoms with Crippen molar-refractivity contribution in [1.29, 1.82) is 0 Å². The molecule has 9 heteroatoms. The fourth-order valence-electron chi connectivity index (χ4n) is 1.32. The zero-order valence-corrected chi connectivity index (χ0v) is 10.9. The van der Waals surface area contributed by atoms with Gasteiger partial charge in [-0.15, -0.1) is 0 Å². The van der Waals surface area contributed by atoms with Crippen LogP contribution in [-0.4, -0.2) is 37.2 Å². The molecule has 0 atom stereocenters. The van der Waals surface area contributed by atoms with Crippen molar-refractivity contribution in [2.75, 3.05) is 11.9 Å². The number of aromatic nitrogens is 5. The van der Waals surface area contributed by atoms with Gasteiger partial charge in [0.15, 0.2) is 0 Å². The summed E-state index contributed by atoms with van der Waals surface area (Å²) >= 11 is 5.81. The third kappa shape index (κ3) is 3.16. The molecular formula is C10H12ClN7O. The van der Waals surface area contributed by atoms with Crippen LogP contribution in [-0.2, 0) is 0 Å². The maximum absolute atomic E-state index is 11.0. The van der Waals surface area contributed by atoms with Crippen LogP contribution in [0.2, 0.25) is 5.28 Å². The van der Waals surface area contributed by atoms with E-state index in [1.807, 2.05) is 6.92 Å². The van der Waals surface area contributed by atoms with E-state index in [0.29, 0.717) is 12.5 Å². The molecule has 0 spiro atoms. The fourth-order valence-corrected chi connectivity index (χ4v) is 1.47. The lowest BCUT2D eigenvalue weighted by Crippen LogP contribution is -2.11. The van der Waals surface area contributed by atoms with Crippen LogP contribution < -0.4 is 11.1 Å². The molecule has 0 aliphatic rings. The van der Waals surface area contributed by atoms with Crippen molar-refractivity contribution < 1.29 is 4.79 Å². The lowest BCUT2D eigenvalue weighted by atomic mass is 10.4. The van der Waals surface area contributed by atoms with Crippen LogP contribution in [0, 0.1) is 0 Å². The van der Waals surface area contributed by atoms with Crippen molar-refractivity contribution in [2.45, 2.75) is 13.3 Å². The quantitative estimate of drug-likeness (QED) is 0.831. The number of rotatable bonds is 5. The van der Waals surface area contributed by atoms with Gasteiger partial charge >= 0.3 is 0 Å². The van der Waals surface area contributed by atoms with Gasteiger partial charge in [-0.25, -0.2) is 4.68 Å². The number of hydrogen-bond donors (Lipinski definition) is 2. The number of hydrogen-bond acceptors (Lipinski definition) is 6. The van der Waals surface area contributed by atoms with E-state index in [4.69, 9.17) is 17.3 Å². The van der Waals surface area contributed by atoms with Crippen molar-refractivity contribution in [3.63, 3.8) is 0 Å². The number of anilines is 1. The topological polar surface area (TPSA) is 112 Å². The van der Waals surface area contributed by atoms with E-state index in [1.165, 1.54) is 17.1 Å². The number of halogens is 1. The molecular weight excluding hydrogens is 270 g/mol. The second kappa shape index (κ2) is 5.61. The van der Waals surface area contributed by atoms with Gasteiger partial charge in [0, 0.05) is 12.7 Å². The summed E-state index contributed by atoms with van der Waals surface area (Å²) < 4.78 is 1.31. The summed E-state index contributed by atoms with van der Waals surface area (Å²) in [5, 5.41) is 6.98. The Morgan fingerprint density at radius 2 is 2.26 bits per heavy atom. The van der Waals surface area contributed by atoms with E-state index in [9.17, 15) is 4.79 Å². The number of nitrogens with two attached hydrogens (primary N) is 1. The molecule has 8 nitrogen and oxygen atoms in total. The molecule has 2 heterocycles. The Kier molecular flexibility index (Phi) is 3.91. The highest BCUT2D eigenvalue weighted by Gasteiger charge is 2.10. The molecule has 0 fully saturated rings. The van der Waals surface area contributed by atoms with Crippen LogP contribution in [0.4, 0.5) is 5.95 Å². The summed E-state index contributed by atoms with van der Waals surface area (Å²) in [5.74, 6) is -0.00480. The van der Waals surface area contributed by atoms with Crippen LogP contribution in [0.25, 0.3) is 5.95 Å². The fraction of sp³-hybridized carbons (Fsp3) is 0.300. The third-order valence-corrected chi connectivity index (χ3v) is 2.37. The van der Waals surface area contributed by atoms with Crippen LogP contribution in [0.3, 0.4) is 0 Å². The van der Waals surface area contributed by atoms with Gasteiger partial charge in [-0.2, -0.15) is 20.1 Å². The maximum atomic E-state index is 11.0. The van der Waals surface area contributed by atoms with Crippen LogP contribution >= 0.6 is 11.6 Å². The lowest BCUT2D eigenvalue weighted by molar-refractivity contribution is 0.100.